The number of Topliss-reactive ketones (excluding diaryl/α,β-unsaturated/α-hetero) is 1. The molecule has 4 bridgehead atoms. The maximum Gasteiger partial charge on any atom is 0.145 e. The fourth-order valence-corrected chi connectivity index (χ4v) is 5.91. The van der Waals surface area contributed by atoms with E-state index in [0.717, 1.165) is 28.5 Å². The van der Waals surface area contributed by atoms with Crippen molar-refractivity contribution < 1.29 is 4.79 Å². The van der Waals surface area contributed by atoms with Crippen molar-refractivity contribution in [3.8, 4) is 0 Å². The quantitative estimate of drug-likeness (QED) is 0.840. The van der Waals surface area contributed by atoms with Gasteiger partial charge in [-0.25, -0.2) is 4.98 Å². The average Bonchev–Trinajstić information content (AvgIpc) is 2.73. The highest BCUT2D eigenvalue weighted by Crippen LogP contribution is 2.60. The van der Waals surface area contributed by atoms with Crippen LogP contribution < -0.4 is 0 Å². The Morgan fingerprint density at radius 1 is 1.26 bits per heavy atom. The van der Waals surface area contributed by atoms with Crippen LogP contribution in [0.5, 0.6) is 0 Å². The summed E-state index contributed by atoms with van der Waals surface area (Å²) >= 11 is 1.66. The lowest BCUT2D eigenvalue weighted by atomic mass is 9.48. The number of rotatable bonds is 3. The smallest absolute Gasteiger partial charge is 0.145 e. The highest BCUT2D eigenvalue weighted by atomic mass is 32.1. The Labute approximate surface area is 118 Å². The molecule has 0 amide bonds. The zero-order valence-electron chi connectivity index (χ0n) is 11.5. The van der Waals surface area contributed by atoms with E-state index >= 15 is 0 Å². The number of carbonyl (C=O) groups is 1. The first-order chi connectivity index (χ1) is 9.13. The zero-order valence-corrected chi connectivity index (χ0v) is 12.3. The molecule has 0 unspecified atom stereocenters. The lowest BCUT2D eigenvalue weighted by Gasteiger charge is -2.56. The summed E-state index contributed by atoms with van der Waals surface area (Å²) in [5, 5.41) is 3.14. The molecule has 102 valence electrons. The zero-order chi connectivity index (χ0) is 13.0. The Kier molecular flexibility index (Phi) is 2.63. The van der Waals surface area contributed by atoms with Crippen molar-refractivity contribution in [2.75, 3.05) is 0 Å². The molecule has 4 saturated carbocycles. The van der Waals surface area contributed by atoms with Crippen LogP contribution >= 0.6 is 11.3 Å². The van der Waals surface area contributed by atoms with Crippen LogP contribution in [0.4, 0.5) is 0 Å². The SMILES string of the molecule is Cc1nc(CC(=O)C23CC4CC(CC(C4)C2)C3)cs1. The Balaban J connectivity index is 1.56. The molecule has 4 aliphatic carbocycles. The fourth-order valence-electron chi connectivity index (χ4n) is 5.29. The predicted octanol–water partition coefficient (Wildman–Crippen LogP) is 3.78. The number of hydrogen-bond acceptors (Lipinski definition) is 3. The summed E-state index contributed by atoms with van der Waals surface area (Å²) in [4.78, 5) is 17.3. The summed E-state index contributed by atoms with van der Waals surface area (Å²) in [6, 6.07) is 0. The molecule has 4 fully saturated rings. The minimum absolute atomic E-state index is 0.0479. The molecule has 1 aromatic heterocycles. The molecule has 2 nitrogen and oxygen atoms in total. The third-order valence-electron chi connectivity index (χ3n) is 5.64. The summed E-state index contributed by atoms with van der Waals surface area (Å²) in [7, 11) is 0. The van der Waals surface area contributed by atoms with Crippen molar-refractivity contribution in [3.05, 3.63) is 16.1 Å². The van der Waals surface area contributed by atoms with Gasteiger partial charge in [0.2, 0.25) is 0 Å². The Morgan fingerprint density at radius 2 is 1.84 bits per heavy atom. The number of aromatic nitrogens is 1. The van der Waals surface area contributed by atoms with Gasteiger partial charge in [-0.05, 0) is 63.2 Å². The van der Waals surface area contributed by atoms with Crippen molar-refractivity contribution in [3.63, 3.8) is 0 Å². The maximum absolute atomic E-state index is 12.8. The Hall–Kier alpha value is -0.700. The third-order valence-corrected chi connectivity index (χ3v) is 6.46. The minimum atomic E-state index is 0.0479. The van der Waals surface area contributed by atoms with Gasteiger partial charge in [0.05, 0.1) is 17.1 Å². The van der Waals surface area contributed by atoms with E-state index in [0.29, 0.717) is 12.2 Å². The van der Waals surface area contributed by atoms with Crippen molar-refractivity contribution in [2.45, 2.75) is 51.9 Å². The second-order valence-electron chi connectivity index (χ2n) is 7.16. The van der Waals surface area contributed by atoms with E-state index < -0.39 is 0 Å². The number of ketones is 1. The highest BCUT2D eigenvalue weighted by molar-refractivity contribution is 7.09. The molecular weight excluding hydrogens is 254 g/mol. The molecule has 0 N–H and O–H groups in total. The van der Waals surface area contributed by atoms with Gasteiger partial charge in [-0.1, -0.05) is 0 Å². The van der Waals surface area contributed by atoms with E-state index in [-0.39, 0.29) is 5.41 Å². The average molecular weight is 275 g/mol. The van der Waals surface area contributed by atoms with Crippen LogP contribution in [0.1, 0.15) is 49.2 Å². The van der Waals surface area contributed by atoms with Gasteiger partial charge >= 0.3 is 0 Å². The molecule has 0 radical (unpaired) electrons. The van der Waals surface area contributed by atoms with Crippen LogP contribution in [0.3, 0.4) is 0 Å². The molecule has 1 aromatic rings. The summed E-state index contributed by atoms with van der Waals surface area (Å²) in [6.45, 7) is 2.02. The maximum atomic E-state index is 12.8. The van der Waals surface area contributed by atoms with Gasteiger partial charge < -0.3 is 0 Å². The van der Waals surface area contributed by atoms with E-state index in [1.165, 1.54) is 38.5 Å². The van der Waals surface area contributed by atoms with E-state index in [9.17, 15) is 4.79 Å². The van der Waals surface area contributed by atoms with E-state index in [2.05, 4.69) is 10.4 Å². The molecule has 0 atom stereocenters. The molecule has 0 aliphatic heterocycles. The molecular formula is C16H21NOS. The molecule has 0 aromatic carbocycles. The first-order valence-electron chi connectivity index (χ1n) is 7.57. The molecule has 1 heterocycles. The number of carbonyl (C=O) groups excluding carboxylic acids is 1. The predicted molar refractivity (Wildman–Crippen MR) is 76.2 cm³/mol. The fraction of sp³-hybridized carbons (Fsp3) is 0.750. The van der Waals surface area contributed by atoms with E-state index in [1.54, 1.807) is 11.3 Å². The van der Waals surface area contributed by atoms with Crippen LogP contribution in [0.2, 0.25) is 0 Å². The van der Waals surface area contributed by atoms with Crippen LogP contribution in [-0.2, 0) is 11.2 Å². The van der Waals surface area contributed by atoms with Gasteiger partial charge in [0, 0.05) is 10.8 Å². The van der Waals surface area contributed by atoms with Crippen LogP contribution in [0, 0.1) is 30.1 Å². The molecule has 4 aliphatic rings. The second-order valence-corrected chi connectivity index (χ2v) is 8.22. The summed E-state index contributed by atoms with van der Waals surface area (Å²) in [5.41, 5.74) is 1.05. The van der Waals surface area contributed by atoms with Gasteiger partial charge in [-0.15, -0.1) is 11.3 Å². The van der Waals surface area contributed by atoms with Crippen LogP contribution in [0.25, 0.3) is 0 Å². The minimum Gasteiger partial charge on any atom is -0.299 e. The van der Waals surface area contributed by atoms with Crippen molar-refractivity contribution >= 4 is 17.1 Å². The number of nitrogens with zero attached hydrogens (tertiary/aromatic N) is 1. The molecule has 3 heteroatoms. The standard InChI is InChI=1S/C16H21NOS/c1-10-17-14(9-19-10)5-15(18)16-6-11-2-12(7-16)4-13(3-11)8-16/h9,11-13H,2-8H2,1H3. The van der Waals surface area contributed by atoms with Crippen molar-refractivity contribution in [1.29, 1.82) is 0 Å². The van der Waals surface area contributed by atoms with Gasteiger partial charge in [-0.2, -0.15) is 0 Å². The van der Waals surface area contributed by atoms with Gasteiger partial charge in [0.25, 0.3) is 0 Å². The molecule has 0 saturated heterocycles. The largest absolute Gasteiger partial charge is 0.299 e. The summed E-state index contributed by atoms with van der Waals surface area (Å²) < 4.78 is 0. The van der Waals surface area contributed by atoms with Gasteiger partial charge in [0.1, 0.15) is 5.78 Å². The lowest BCUT2D eigenvalue weighted by Crippen LogP contribution is -2.50. The summed E-state index contributed by atoms with van der Waals surface area (Å²) in [5.74, 6) is 3.06. The number of hydrogen-bond donors (Lipinski definition) is 0. The van der Waals surface area contributed by atoms with Crippen molar-refractivity contribution in [1.82, 2.24) is 4.98 Å². The van der Waals surface area contributed by atoms with Crippen LogP contribution in [-0.4, -0.2) is 10.8 Å². The molecule has 0 spiro atoms. The van der Waals surface area contributed by atoms with Gasteiger partial charge in [0.15, 0.2) is 0 Å². The first kappa shape index (κ1) is 12.1. The second kappa shape index (κ2) is 4.15. The lowest BCUT2D eigenvalue weighted by molar-refractivity contribution is -0.143. The van der Waals surface area contributed by atoms with Crippen molar-refractivity contribution in [2.24, 2.45) is 23.2 Å². The van der Waals surface area contributed by atoms with E-state index in [1.807, 2.05) is 6.92 Å². The monoisotopic (exact) mass is 275 g/mol. The molecule has 19 heavy (non-hydrogen) atoms. The molecule has 5 rings (SSSR count). The first-order valence-corrected chi connectivity index (χ1v) is 8.45. The number of aryl methyl sites for hydroxylation is 1. The Morgan fingerprint density at radius 3 is 2.32 bits per heavy atom. The Bertz CT molecular complexity index is 483. The topological polar surface area (TPSA) is 30.0 Å². The third kappa shape index (κ3) is 1.97. The number of thiazole rings is 1. The van der Waals surface area contributed by atoms with Crippen LogP contribution in [0.15, 0.2) is 5.38 Å². The van der Waals surface area contributed by atoms with Gasteiger partial charge in [-0.3, -0.25) is 4.79 Å². The van der Waals surface area contributed by atoms with E-state index in [4.69, 9.17) is 0 Å². The summed E-state index contributed by atoms with van der Waals surface area (Å²) in [6.07, 6.45) is 8.34. The highest BCUT2D eigenvalue weighted by Gasteiger charge is 2.54. The normalized spacial score (nSPS) is 39.7.